The lowest BCUT2D eigenvalue weighted by molar-refractivity contribution is -0.137. The first-order valence-corrected chi connectivity index (χ1v) is 12.9. The topological polar surface area (TPSA) is 87.2 Å². The molecule has 1 aromatic heterocycles. The molecule has 0 amide bonds. The number of anilines is 2. The van der Waals surface area contributed by atoms with Crippen molar-refractivity contribution in [1.82, 2.24) is 15.1 Å². The molecular formula is C22H28F3N5O2S. The maximum Gasteiger partial charge on any atom is 0.416 e. The zero-order valence-corrected chi connectivity index (χ0v) is 19.4. The highest BCUT2D eigenvalue weighted by molar-refractivity contribution is 7.92. The van der Waals surface area contributed by atoms with Crippen LogP contribution in [0.5, 0.6) is 0 Å². The van der Waals surface area contributed by atoms with Crippen LogP contribution in [-0.2, 0) is 16.2 Å². The monoisotopic (exact) mass is 483 g/mol. The van der Waals surface area contributed by atoms with Crippen LogP contribution in [0.25, 0.3) is 11.3 Å². The highest BCUT2D eigenvalue weighted by Gasteiger charge is 2.34. The third-order valence-electron chi connectivity index (χ3n) is 6.31. The average molecular weight is 484 g/mol. The first-order valence-electron chi connectivity index (χ1n) is 11.1. The normalized spacial score (nSPS) is 22.0. The van der Waals surface area contributed by atoms with Crippen LogP contribution >= 0.6 is 0 Å². The first kappa shape index (κ1) is 23.7. The Balaban J connectivity index is 1.62. The Labute approximate surface area is 191 Å². The number of sulfonamides is 1. The fourth-order valence-corrected chi connectivity index (χ4v) is 5.36. The van der Waals surface area contributed by atoms with Gasteiger partial charge in [0, 0.05) is 17.6 Å². The van der Waals surface area contributed by atoms with Gasteiger partial charge in [-0.15, -0.1) is 10.2 Å². The Kier molecular flexibility index (Phi) is 6.54. The number of nitrogens with zero attached hydrogens (tertiary/aromatic N) is 3. The summed E-state index contributed by atoms with van der Waals surface area (Å²) in [7, 11) is -3.80. The van der Waals surface area contributed by atoms with E-state index in [1.54, 1.807) is 6.07 Å². The second kappa shape index (κ2) is 9.09. The van der Waals surface area contributed by atoms with Crippen molar-refractivity contribution in [2.75, 3.05) is 29.4 Å². The predicted molar refractivity (Wildman–Crippen MR) is 122 cm³/mol. The number of piperidine rings is 2. The van der Waals surface area contributed by atoms with Gasteiger partial charge in [0.05, 0.1) is 23.2 Å². The highest BCUT2D eigenvalue weighted by atomic mass is 32.2. The Morgan fingerprint density at radius 2 is 1.82 bits per heavy atom. The van der Waals surface area contributed by atoms with Crippen molar-refractivity contribution < 1.29 is 21.6 Å². The molecule has 33 heavy (non-hydrogen) atoms. The molecule has 7 nitrogen and oxygen atoms in total. The van der Waals surface area contributed by atoms with Crippen molar-refractivity contribution in [2.24, 2.45) is 0 Å². The van der Waals surface area contributed by atoms with Crippen LogP contribution < -0.4 is 10.0 Å². The SMILES string of the molecule is Cc1cc(-c2ccc(C(F)(F)F)cc2NS(C)(=O)=O)nnc1N[C@@H]1CCCN2CCCC[C@H]12. The molecule has 4 rings (SSSR count). The van der Waals surface area contributed by atoms with Gasteiger partial charge in [0.25, 0.3) is 0 Å². The van der Waals surface area contributed by atoms with E-state index in [9.17, 15) is 21.6 Å². The summed E-state index contributed by atoms with van der Waals surface area (Å²) in [5.74, 6) is 0.640. The molecule has 2 atom stereocenters. The molecule has 0 bridgehead atoms. The third-order valence-corrected chi connectivity index (χ3v) is 6.90. The van der Waals surface area contributed by atoms with E-state index in [1.165, 1.54) is 18.9 Å². The Morgan fingerprint density at radius 1 is 1.06 bits per heavy atom. The minimum absolute atomic E-state index is 0.188. The van der Waals surface area contributed by atoms with Crippen molar-refractivity contribution in [3.05, 3.63) is 35.4 Å². The smallest absolute Gasteiger partial charge is 0.364 e. The largest absolute Gasteiger partial charge is 0.416 e. The van der Waals surface area contributed by atoms with E-state index in [-0.39, 0.29) is 17.3 Å². The fraction of sp³-hybridized carbons (Fsp3) is 0.545. The molecule has 0 unspecified atom stereocenters. The molecule has 2 saturated heterocycles. The molecule has 2 aromatic rings. The zero-order valence-electron chi connectivity index (χ0n) is 18.6. The quantitative estimate of drug-likeness (QED) is 0.661. The Hall–Kier alpha value is -2.40. The van der Waals surface area contributed by atoms with Crippen LogP contribution in [0.1, 0.15) is 43.2 Å². The fourth-order valence-electron chi connectivity index (χ4n) is 4.79. The van der Waals surface area contributed by atoms with Gasteiger partial charge in [-0.1, -0.05) is 12.5 Å². The van der Waals surface area contributed by atoms with E-state index in [0.29, 0.717) is 17.6 Å². The molecule has 0 saturated carbocycles. The number of benzene rings is 1. The number of nitrogens with one attached hydrogen (secondary N) is 2. The van der Waals surface area contributed by atoms with Crippen molar-refractivity contribution in [3.8, 4) is 11.3 Å². The minimum atomic E-state index is -4.60. The lowest BCUT2D eigenvalue weighted by Crippen LogP contribution is -2.53. The van der Waals surface area contributed by atoms with E-state index in [2.05, 4.69) is 25.1 Å². The number of hydrogen-bond donors (Lipinski definition) is 2. The average Bonchev–Trinajstić information content (AvgIpc) is 2.73. The van der Waals surface area contributed by atoms with Crippen molar-refractivity contribution >= 4 is 21.5 Å². The molecule has 1 aromatic carbocycles. The molecule has 0 aliphatic carbocycles. The number of aromatic nitrogens is 2. The van der Waals surface area contributed by atoms with Gasteiger partial charge in [0.15, 0.2) is 5.82 Å². The van der Waals surface area contributed by atoms with Crippen molar-refractivity contribution in [2.45, 2.75) is 57.3 Å². The molecule has 11 heteroatoms. The predicted octanol–water partition coefficient (Wildman–Crippen LogP) is 4.27. The standard InChI is InChI=1S/C22H28F3N5O2S/c1-14-12-18(16-9-8-15(22(23,24)25)13-19(16)29-33(2,31)32)27-28-21(14)26-17-6-5-11-30-10-4-3-7-20(17)30/h8-9,12-13,17,20,29H,3-7,10-11H2,1-2H3,(H,26,28)/t17-,20-/m1/s1. The number of rotatable bonds is 5. The van der Waals surface area contributed by atoms with Crippen LogP contribution in [-0.4, -0.2) is 54.9 Å². The molecule has 2 fully saturated rings. The first-order chi connectivity index (χ1) is 15.5. The second-order valence-electron chi connectivity index (χ2n) is 8.89. The van der Waals surface area contributed by atoms with Gasteiger partial charge in [-0.25, -0.2) is 8.42 Å². The van der Waals surface area contributed by atoms with Crippen molar-refractivity contribution in [3.63, 3.8) is 0 Å². The summed E-state index contributed by atoms with van der Waals surface area (Å²) in [6.45, 7) is 4.10. The van der Waals surface area contributed by atoms with Crippen LogP contribution in [0, 0.1) is 6.92 Å². The summed E-state index contributed by atoms with van der Waals surface area (Å²) in [5, 5.41) is 12.1. The van der Waals surface area contributed by atoms with E-state index >= 15 is 0 Å². The number of alkyl halides is 3. The summed E-state index contributed by atoms with van der Waals surface area (Å²) < 4.78 is 65.2. The van der Waals surface area contributed by atoms with E-state index in [0.717, 1.165) is 56.3 Å². The number of hydrogen-bond acceptors (Lipinski definition) is 6. The van der Waals surface area contributed by atoms with E-state index < -0.39 is 21.8 Å². The van der Waals surface area contributed by atoms with Gasteiger partial charge in [0.2, 0.25) is 10.0 Å². The van der Waals surface area contributed by atoms with Crippen LogP contribution in [0.3, 0.4) is 0 Å². The number of halogens is 3. The molecule has 180 valence electrons. The summed E-state index contributed by atoms with van der Waals surface area (Å²) in [6.07, 6.45) is 2.04. The highest BCUT2D eigenvalue weighted by Crippen LogP contribution is 2.36. The summed E-state index contributed by atoms with van der Waals surface area (Å²) >= 11 is 0. The van der Waals surface area contributed by atoms with Crippen molar-refractivity contribution in [1.29, 1.82) is 0 Å². The molecular weight excluding hydrogens is 455 g/mol. The molecule has 2 aliphatic heterocycles. The van der Waals surface area contributed by atoms with Gasteiger partial charge < -0.3 is 5.32 Å². The summed E-state index contributed by atoms with van der Waals surface area (Å²) in [4.78, 5) is 2.53. The Morgan fingerprint density at radius 3 is 2.52 bits per heavy atom. The maximum absolute atomic E-state index is 13.2. The molecule has 3 heterocycles. The van der Waals surface area contributed by atoms with Gasteiger partial charge in [-0.2, -0.15) is 13.2 Å². The van der Waals surface area contributed by atoms with E-state index in [1.807, 2.05) is 6.92 Å². The molecule has 0 spiro atoms. The Bertz CT molecular complexity index is 1120. The second-order valence-corrected chi connectivity index (χ2v) is 10.6. The van der Waals surface area contributed by atoms with Crippen LogP contribution in [0.4, 0.5) is 24.7 Å². The minimum Gasteiger partial charge on any atom is -0.364 e. The van der Waals surface area contributed by atoms with Gasteiger partial charge >= 0.3 is 6.18 Å². The van der Waals surface area contributed by atoms with E-state index in [4.69, 9.17) is 0 Å². The zero-order chi connectivity index (χ0) is 23.8. The molecule has 2 N–H and O–H groups in total. The lowest BCUT2D eigenvalue weighted by Gasteiger charge is -2.44. The third kappa shape index (κ3) is 5.57. The summed E-state index contributed by atoms with van der Waals surface area (Å²) in [6, 6.07) is 5.35. The molecule has 0 radical (unpaired) electrons. The van der Waals surface area contributed by atoms with Gasteiger partial charge in [-0.3, -0.25) is 9.62 Å². The maximum atomic E-state index is 13.2. The number of aryl methyl sites for hydroxylation is 1. The van der Waals surface area contributed by atoms with Crippen LogP contribution in [0.2, 0.25) is 0 Å². The summed E-state index contributed by atoms with van der Waals surface area (Å²) in [5.41, 5.74) is 0.173. The lowest BCUT2D eigenvalue weighted by atomic mass is 9.88. The van der Waals surface area contributed by atoms with Crippen LogP contribution in [0.15, 0.2) is 24.3 Å². The molecule has 2 aliphatic rings. The van der Waals surface area contributed by atoms with Gasteiger partial charge in [0.1, 0.15) is 0 Å². The van der Waals surface area contributed by atoms with Gasteiger partial charge in [-0.05, 0) is 69.5 Å². The number of fused-ring (bicyclic) bond motifs is 1.